The van der Waals surface area contributed by atoms with Gasteiger partial charge in [-0.05, 0) is 24.3 Å². The first kappa shape index (κ1) is 16.2. The number of anilines is 1. The van der Waals surface area contributed by atoms with Crippen molar-refractivity contribution in [3.05, 3.63) is 54.0 Å². The minimum atomic E-state index is -0.633. The van der Waals surface area contributed by atoms with Crippen LogP contribution in [0.1, 0.15) is 5.56 Å². The molecule has 1 aromatic heterocycles. The van der Waals surface area contributed by atoms with E-state index < -0.39 is 5.82 Å². The molecule has 0 saturated heterocycles. The molecule has 1 N–H and O–H groups in total. The first-order valence-corrected chi connectivity index (χ1v) is 7.20. The van der Waals surface area contributed by atoms with Crippen molar-refractivity contribution in [3.63, 3.8) is 0 Å². The number of carbonyl (C=O) groups excluding carboxylic acids is 1. The number of nitriles is 1. The molecule has 7 heteroatoms. The minimum absolute atomic E-state index is 0.0155. The Balaban J connectivity index is 2.05. The summed E-state index contributed by atoms with van der Waals surface area (Å²) in [5.41, 5.74) is 1.18. The van der Waals surface area contributed by atoms with Crippen LogP contribution in [0.4, 0.5) is 10.1 Å². The molecule has 0 spiro atoms. The highest BCUT2D eigenvalue weighted by Crippen LogP contribution is 2.34. The molecule has 6 nitrogen and oxygen atoms in total. The number of halogens is 1. The monoisotopic (exact) mass is 337 g/mol. The number of nitrogens with zero attached hydrogens (tertiary/aromatic N) is 2. The van der Waals surface area contributed by atoms with Crippen LogP contribution in [0.2, 0.25) is 0 Å². The van der Waals surface area contributed by atoms with Crippen molar-refractivity contribution in [2.75, 3.05) is 12.4 Å². The van der Waals surface area contributed by atoms with Gasteiger partial charge in [-0.25, -0.2) is 4.39 Å². The van der Waals surface area contributed by atoms with E-state index in [9.17, 15) is 14.4 Å². The molecule has 0 aliphatic heterocycles. The van der Waals surface area contributed by atoms with Crippen LogP contribution in [0.15, 0.2) is 42.6 Å². The Labute approximate surface area is 142 Å². The summed E-state index contributed by atoms with van der Waals surface area (Å²) in [5, 5.41) is 12.1. The predicted octanol–water partition coefficient (Wildman–Crippen LogP) is 3.61. The quantitative estimate of drug-likeness (QED) is 0.719. The average Bonchev–Trinajstić information content (AvgIpc) is 2.63. The molecule has 25 heavy (non-hydrogen) atoms. The Morgan fingerprint density at radius 2 is 2.04 bits per heavy atom. The third-order valence-electron chi connectivity index (χ3n) is 3.52. The van der Waals surface area contributed by atoms with Crippen molar-refractivity contribution in [2.45, 2.75) is 0 Å². The number of amides is 1. The number of pyridine rings is 1. The molecule has 1 heterocycles. The van der Waals surface area contributed by atoms with Gasteiger partial charge in [0.15, 0.2) is 11.6 Å². The topological polar surface area (TPSA) is 84.2 Å². The number of carbonyl (C=O) groups is 1. The van der Waals surface area contributed by atoms with Gasteiger partial charge >= 0.3 is 0 Å². The van der Waals surface area contributed by atoms with E-state index >= 15 is 0 Å². The highest BCUT2D eigenvalue weighted by molar-refractivity contribution is 5.88. The highest BCUT2D eigenvalue weighted by Gasteiger charge is 2.12. The maximum atomic E-state index is 14.2. The SMILES string of the molecule is COc1cc2nccc(Oc3ccc(NC=O)cc3F)c2cc1C#N. The van der Waals surface area contributed by atoms with Crippen molar-refractivity contribution in [1.82, 2.24) is 4.98 Å². The smallest absolute Gasteiger partial charge is 0.211 e. The van der Waals surface area contributed by atoms with E-state index in [0.717, 1.165) is 6.07 Å². The maximum Gasteiger partial charge on any atom is 0.211 e. The number of hydrogen-bond donors (Lipinski definition) is 1. The summed E-state index contributed by atoms with van der Waals surface area (Å²) in [7, 11) is 1.46. The summed E-state index contributed by atoms with van der Waals surface area (Å²) < 4.78 is 25.0. The van der Waals surface area contributed by atoms with Crippen molar-refractivity contribution in [1.29, 1.82) is 5.26 Å². The summed E-state index contributed by atoms with van der Waals surface area (Å²) in [6.07, 6.45) is 1.98. The summed E-state index contributed by atoms with van der Waals surface area (Å²) in [5.74, 6) is 0.0957. The Hall–Kier alpha value is -3.66. The molecule has 0 fully saturated rings. The lowest BCUT2D eigenvalue weighted by molar-refractivity contribution is -0.105. The molecule has 0 unspecified atom stereocenters. The molecular weight excluding hydrogens is 325 g/mol. The van der Waals surface area contributed by atoms with Gasteiger partial charge in [-0.15, -0.1) is 0 Å². The van der Waals surface area contributed by atoms with Crippen molar-refractivity contribution < 1.29 is 18.7 Å². The van der Waals surface area contributed by atoms with Gasteiger partial charge in [0.1, 0.15) is 17.6 Å². The van der Waals surface area contributed by atoms with E-state index in [4.69, 9.17) is 9.47 Å². The Bertz CT molecular complexity index is 999. The number of rotatable bonds is 5. The van der Waals surface area contributed by atoms with Gasteiger partial charge in [-0.1, -0.05) is 0 Å². The molecular formula is C18H12FN3O3. The second kappa shape index (κ2) is 6.84. The van der Waals surface area contributed by atoms with Gasteiger partial charge in [-0.2, -0.15) is 5.26 Å². The normalized spacial score (nSPS) is 10.1. The molecule has 0 aliphatic rings. The minimum Gasteiger partial charge on any atom is -0.495 e. The lowest BCUT2D eigenvalue weighted by Gasteiger charge is -2.11. The molecule has 3 rings (SSSR count). The zero-order chi connectivity index (χ0) is 17.8. The van der Waals surface area contributed by atoms with Crippen LogP contribution >= 0.6 is 0 Å². The van der Waals surface area contributed by atoms with Crippen molar-refractivity contribution in [2.24, 2.45) is 0 Å². The van der Waals surface area contributed by atoms with Crippen LogP contribution < -0.4 is 14.8 Å². The molecule has 0 bridgehead atoms. The van der Waals surface area contributed by atoms with E-state index in [1.807, 2.05) is 6.07 Å². The van der Waals surface area contributed by atoms with Crippen LogP contribution in [-0.2, 0) is 4.79 Å². The Kier molecular flexibility index (Phi) is 4.44. The number of fused-ring (bicyclic) bond motifs is 1. The molecule has 2 aromatic carbocycles. The summed E-state index contributed by atoms with van der Waals surface area (Å²) in [4.78, 5) is 14.6. The standard InChI is InChI=1S/C18H12FN3O3/c1-24-18-8-15-13(6-11(18)9-20)16(4-5-21-15)25-17-3-2-12(22-10-23)7-14(17)19/h2-8,10H,1H3,(H,22,23). The van der Waals surface area contributed by atoms with Crippen LogP contribution in [0, 0.1) is 17.1 Å². The van der Waals surface area contributed by atoms with Crippen molar-refractivity contribution in [3.8, 4) is 23.3 Å². The third kappa shape index (κ3) is 3.19. The highest BCUT2D eigenvalue weighted by atomic mass is 19.1. The van der Waals surface area contributed by atoms with Crippen LogP contribution in [0.25, 0.3) is 10.9 Å². The van der Waals surface area contributed by atoms with Gasteiger partial charge in [-0.3, -0.25) is 9.78 Å². The molecule has 3 aromatic rings. The number of hydrogen-bond acceptors (Lipinski definition) is 5. The second-order valence-corrected chi connectivity index (χ2v) is 5.00. The van der Waals surface area contributed by atoms with Gasteiger partial charge in [0.2, 0.25) is 6.41 Å². The summed E-state index contributed by atoms with van der Waals surface area (Å²) in [6, 6.07) is 10.9. The molecule has 0 atom stereocenters. The number of nitrogens with one attached hydrogen (secondary N) is 1. The van der Waals surface area contributed by atoms with Gasteiger partial charge in [0, 0.05) is 29.4 Å². The molecule has 1 amide bonds. The summed E-state index contributed by atoms with van der Waals surface area (Å²) >= 11 is 0. The third-order valence-corrected chi connectivity index (χ3v) is 3.52. The number of aromatic nitrogens is 1. The first-order chi connectivity index (χ1) is 12.2. The van der Waals surface area contributed by atoms with E-state index in [2.05, 4.69) is 10.3 Å². The van der Waals surface area contributed by atoms with Crippen LogP contribution in [0.5, 0.6) is 17.2 Å². The predicted molar refractivity (Wildman–Crippen MR) is 89.2 cm³/mol. The van der Waals surface area contributed by atoms with Gasteiger partial charge < -0.3 is 14.8 Å². The summed E-state index contributed by atoms with van der Waals surface area (Å²) in [6.45, 7) is 0. The van der Waals surface area contributed by atoms with E-state index in [1.54, 1.807) is 18.2 Å². The number of benzene rings is 2. The second-order valence-electron chi connectivity index (χ2n) is 5.00. The van der Waals surface area contributed by atoms with E-state index in [1.165, 1.54) is 25.4 Å². The average molecular weight is 337 g/mol. The van der Waals surface area contributed by atoms with Crippen LogP contribution in [-0.4, -0.2) is 18.5 Å². The molecule has 0 saturated carbocycles. The molecule has 0 radical (unpaired) electrons. The number of ether oxygens (including phenoxy) is 2. The molecule has 124 valence electrons. The largest absolute Gasteiger partial charge is 0.495 e. The lowest BCUT2D eigenvalue weighted by atomic mass is 10.1. The maximum absolute atomic E-state index is 14.2. The fourth-order valence-corrected chi connectivity index (χ4v) is 2.35. The van der Waals surface area contributed by atoms with Crippen molar-refractivity contribution >= 4 is 23.0 Å². The van der Waals surface area contributed by atoms with Gasteiger partial charge in [0.05, 0.1) is 18.2 Å². The molecule has 0 aliphatic carbocycles. The first-order valence-electron chi connectivity index (χ1n) is 7.20. The lowest BCUT2D eigenvalue weighted by Crippen LogP contribution is -1.96. The number of methoxy groups -OCH3 is 1. The van der Waals surface area contributed by atoms with E-state index in [-0.39, 0.29) is 5.75 Å². The van der Waals surface area contributed by atoms with Crippen LogP contribution in [0.3, 0.4) is 0 Å². The Morgan fingerprint density at radius 3 is 2.72 bits per heavy atom. The zero-order valence-electron chi connectivity index (χ0n) is 13.1. The van der Waals surface area contributed by atoms with E-state index in [0.29, 0.717) is 40.1 Å². The zero-order valence-corrected chi connectivity index (χ0v) is 13.1. The fraction of sp³-hybridized carbons (Fsp3) is 0.0556. The fourth-order valence-electron chi connectivity index (χ4n) is 2.35. The van der Waals surface area contributed by atoms with Gasteiger partial charge in [0.25, 0.3) is 0 Å². The Morgan fingerprint density at radius 1 is 1.20 bits per heavy atom.